The van der Waals surface area contributed by atoms with Crippen LogP contribution in [-0.2, 0) is 9.53 Å². The molecule has 1 N–H and O–H groups in total. The first kappa shape index (κ1) is 25.9. The Balaban J connectivity index is 1.07. The number of cyclic esters (lactones) is 1. The second-order valence-corrected chi connectivity index (χ2v) is 10.3. The van der Waals surface area contributed by atoms with Crippen molar-refractivity contribution in [3.8, 4) is 5.88 Å². The summed E-state index contributed by atoms with van der Waals surface area (Å²) in [6.07, 6.45) is 1.77. The minimum atomic E-state index is -0.597. The van der Waals surface area contributed by atoms with Crippen LogP contribution in [0.15, 0.2) is 63.9 Å². The van der Waals surface area contributed by atoms with Crippen molar-refractivity contribution in [2.24, 2.45) is 0 Å². The van der Waals surface area contributed by atoms with Gasteiger partial charge in [0.15, 0.2) is 6.10 Å². The normalized spacial score (nSPS) is 17.4. The number of anilines is 2. The molecule has 11 nitrogen and oxygen atoms in total. The Kier molecular flexibility index (Phi) is 6.88. The summed E-state index contributed by atoms with van der Waals surface area (Å²) in [5.41, 5.74) is 1.79. The lowest BCUT2D eigenvalue weighted by Gasteiger charge is -2.36. The monoisotopic (exact) mass is 611 g/mol. The first-order valence-electron chi connectivity index (χ1n) is 12.5. The summed E-state index contributed by atoms with van der Waals surface area (Å²) < 4.78 is 31.5. The van der Waals surface area contributed by atoms with Crippen LogP contribution in [-0.4, -0.2) is 78.3 Å². The highest BCUT2D eigenvalue weighted by Crippen LogP contribution is 2.29. The topological polar surface area (TPSA) is 121 Å². The molecule has 0 saturated carbocycles. The van der Waals surface area contributed by atoms with Crippen LogP contribution in [0.25, 0.3) is 10.9 Å². The Hall–Kier alpha value is -4.39. The molecule has 13 heteroatoms. The van der Waals surface area contributed by atoms with Gasteiger partial charge in [-0.05, 0) is 41.6 Å². The number of fused-ring (bicyclic) bond motifs is 1. The van der Waals surface area contributed by atoms with Crippen LogP contribution >= 0.6 is 15.9 Å². The summed E-state index contributed by atoms with van der Waals surface area (Å²) in [5.74, 6) is -1.41. The number of halogens is 2. The maximum atomic E-state index is 15.2. The second kappa shape index (κ2) is 10.6. The van der Waals surface area contributed by atoms with Crippen LogP contribution in [0.3, 0.4) is 0 Å². The van der Waals surface area contributed by atoms with Crippen molar-refractivity contribution < 1.29 is 32.8 Å². The van der Waals surface area contributed by atoms with E-state index >= 15 is 4.39 Å². The molecule has 0 unspecified atom stereocenters. The van der Waals surface area contributed by atoms with Gasteiger partial charge in [-0.25, -0.2) is 9.18 Å². The molecule has 0 spiro atoms. The van der Waals surface area contributed by atoms with Crippen LogP contribution in [0, 0.1) is 5.82 Å². The average molecular weight is 612 g/mol. The molecule has 0 aliphatic carbocycles. The molecule has 2 aliphatic heterocycles. The van der Waals surface area contributed by atoms with Gasteiger partial charge in [0.05, 0.1) is 23.5 Å². The van der Waals surface area contributed by atoms with E-state index in [4.69, 9.17) is 14.0 Å². The zero-order valence-electron chi connectivity index (χ0n) is 21.0. The molecule has 4 aromatic rings. The fourth-order valence-corrected chi connectivity index (χ4v) is 5.24. The smallest absolute Gasteiger partial charge is 0.414 e. The molecule has 0 radical (unpaired) electrons. The Morgan fingerprint density at radius 2 is 1.95 bits per heavy atom. The van der Waals surface area contributed by atoms with E-state index in [1.54, 1.807) is 30.5 Å². The number of ether oxygens (including phenoxy) is 2. The first-order chi connectivity index (χ1) is 19.4. The standard InChI is InChI=1S/C27H23BrFN5O6/c28-16-1-3-22-19(11-16)20(13-30-22)25(35)26(36)33-8-6-32(7-9-33)23-4-2-17(12-21(23)29)34-14-18(40-27(34)37)15-38-24-5-10-39-31-24/h1-5,10-13,18,30H,6-9,14-15H2/t18-/m1/s1. The zero-order chi connectivity index (χ0) is 27.8. The molecule has 2 aromatic heterocycles. The first-order valence-corrected chi connectivity index (χ1v) is 13.3. The largest absolute Gasteiger partial charge is 0.471 e. The van der Waals surface area contributed by atoms with Crippen molar-refractivity contribution in [1.82, 2.24) is 15.0 Å². The number of aromatic amines is 1. The van der Waals surface area contributed by atoms with Gasteiger partial charge >= 0.3 is 6.09 Å². The molecule has 2 amide bonds. The van der Waals surface area contributed by atoms with E-state index < -0.39 is 29.7 Å². The third-order valence-electron chi connectivity index (χ3n) is 6.94. The zero-order valence-corrected chi connectivity index (χ0v) is 22.6. The van der Waals surface area contributed by atoms with E-state index in [9.17, 15) is 14.4 Å². The second-order valence-electron chi connectivity index (χ2n) is 9.40. The predicted molar refractivity (Wildman–Crippen MR) is 145 cm³/mol. The molecular formula is C27H23BrFN5O6. The number of hydrogen-bond donors (Lipinski definition) is 1. The SMILES string of the molecule is O=C(C(=O)N1CCN(c2ccc(N3C[C@H](COc4ccon4)OC3=O)cc2F)CC1)c1c[nH]c2ccc(Br)cc12. The number of Topliss-reactive ketones (excluding diaryl/α,β-unsaturated/α-hetero) is 1. The van der Waals surface area contributed by atoms with Gasteiger partial charge in [-0.1, -0.05) is 15.9 Å². The lowest BCUT2D eigenvalue weighted by molar-refractivity contribution is -0.126. The van der Waals surface area contributed by atoms with Gasteiger partial charge in [0.1, 0.15) is 18.7 Å². The fraction of sp³-hybridized carbons (Fsp3) is 0.259. The van der Waals surface area contributed by atoms with Gasteiger partial charge in [-0.15, -0.1) is 0 Å². The Bertz CT molecular complexity index is 1580. The lowest BCUT2D eigenvalue weighted by atomic mass is 10.1. The summed E-state index contributed by atoms with van der Waals surface area (Å²) >= 11 is 3.40. The third kappa shape index (κ3) is 4.99. The van der Waals surface area contributed by atoms with Gasteiger partial charge < -0.3 is 28.8 Å². The van der Waals surface area contributed by atoms with E-state index in [2.05, 4.69) is 26.1 Å². The van der Waals surface area contributed by atoms with Crippen molar-refractivity contribution in [2.45, 2.75) is 6.10 Å². The third-order valence-corrected chi connectivity index (χ3v) is 7.43. The molecule has 0 bridgehead atoms. The van der Waals surface area contributed by atoms with Gasteiger partial charge in [-0.3, -0.25) is 14.5 Å². The van der Waals surface area contributed by atoms with Gasteiger partial charge in [0, 0.05) is 53.8 Å². The number of nitrogens with zero attached hydrogens (tertiary/aromatic N) is 4. The molecule has 1 atom stereocenters. The Morgan fingerprint density at radius 1 is 1.12 bits per heavy atom. The van der Waals surface area contributed by atoms with E-state index in [1.807, 2.05) is 17.0 Å². The Labute approximate surface area is 235 Å². The van der Waals surface area contributed by atoms with E-state index in [1.165, 1.54) is 22.1 Å². The Morgan fingerprint density at radius 3 is 2.70 bits per heavy atom. The highest BCUT2D eigenvalue weighted by atomic mass is 79.9. The molecule has 4 heterocycles. The van der Waals surface area contributed by atoms with Gasteiger partial charge in [-0.2, -0.15) is 0 Å². The van der Waals surface area contributed by atoms with Crippen LogP contribution in [0.1, 0.15) is 10.4 Å². The number of carbonyl (C=O) groups is 3. The summed E-state index contributed by atoms with van der Waals surface area (Å²) in [7, 11) is 0. The molecule has 40 heavy (non-hydrogen) atoms. The number of H-pyrrole nitrogens is 1. The lowest BCUT2D eigenvalue weighted by Crippen LogP contribution is -2.50. The summed E-state index contributed by atoms with van der Waals surface area (Å²) in [6, 6.07) is 11.6. The van der Waals surface area contributed by atoms with Crippen molar-refractivity contribution >= 4 is 56.0 Å². The number of benzene rings is 2. The minimum absolute atomic E-state index is 0.0820. The number of piperazine rings is 1. The molecule has 2 aliphatic rings. The van der Waals surface area contributed by atoms with Crippen molar-refractivity contribution in [3.63, 3.8) is 0 Å². The predicted octanol–water partition coefficient (Wildman–Crippen LogP) is 3.99. The van der Waals surface area contributed by atoms with Crippen LogP contribution in [0.5, 0.6) is 5.88 Å². The summed E-state index contributed by atoms with van der Waals surface area (Å²) in [5, 5.41) is 4.31. The summed E-state index contributed by atoms with van der Waals surface area (Å²) in [6.45, 7) is 1.51. The van der Waals surface area contributed by atoms with Crippen LogP contribution in [0.2, 0.25) is 0 Å². The van der Waals surface area contributed by atoms with Crippen LogP contribution < -0.4 is 14.5 Å². The number of amides is 2. The minimum Gasteiger partial charge on any atom is -0.471 e. The van der Waals surface area contributed by atoms with Crippen molar-refractivity contribution in [1.29, 1.82) is 0 Å². The number of carbonyl (C=O) groups excluding carboxylic acids is 3. The molecule has 2 saturated heterocycles. The number of ketones is 1. The maximum absolute atomic E-state index is 15.2. The highest BCUT2D eigenvalue weighted by molar-refractivity contribution is 9.10. The van der Waals surface area contributed by atoms with E-state index in [-0.39, 0.29) is 32.1 Å². The highest BCUT2D eigenvalue weighted by Gasteiger charge is 2.34. The van der Waals surface area contributed by atoms with Gasteiger partial charge in [0.25, 0.3) is 17.6 Å². The molecule has 6 rings (SSSR count). The van der Waals surface area contributed by atoms with E-state index in [0.29, 0.717) is 35.4 Å². The number of rotatable bonds is 7. The van der Waals surface area contributed by atoms with E-state index in [0.717, 1.165) is 9.99 Å². The fourth-order valence-electron chi connectivity index (χ4n) is 4.88. The van der Waals surface area contributed by atoms with Gasteiger partial charge in [0.2, 0.25) is 0 Å². The molecule has 2 aromatic carbocycles. The summed E-state index contributed by atoms with van der Waals surface area (Å²) in [4.78, 5) is 46.0. The number of nitrogens with one attached hydrogen (secondary N) is 1. The van der Waals surface area contributed by atoms with Crippen LogP contribution in [0.4, 0.5) is 20.6 Å². The maximum Gasteiger partial charge on any atom is 0.414 e. The average Bonchev–Trinajstić information content (AvgIpc) is 3.71. The molecule has 206 valence electrons. The molecular weight excluding hydrogens is 589 g/mol. The number of aromatic nitrogens is 2. The number of hydrogen-bond acceptors (Lipinski definition) is 8. The van der Waals surface area contributed by atoms with Crippen molar-refractivity contribution in [2.75, 3.05) is 49.1 Å². The van der Waals surface area contributed by atoms with Crippen molar-refractivity contribution in [3.05, 3.63) is 70.8 Å². The molecule has 2 fully saturated rings. The quantitative estimate of drug-likeness (QED) is 0.246.